The molecule has 110 valence electrons. The molecule has 0 aromatic heterocycles. The van der Waals surface area contributed by atoms with Crippen LogP contribution < -0.4 is 4.90 Å². The average Bonchev–Trinajstić information content (AvgIpc) is 2.50. The molecule has 1 heterocycles. The lowest BCUT2D eigenvalue weighted by molar-refractivity contribution is 0.182. The number of aliphatic hydroxyl groups excluding tert-OH is 1. The molecule has 2 aromatic carbocycles. The van der Waals surface area contributed by atoms with Gasteiger partial charge in [0.2, 0.25) is 0 Å². The predicted molar refractivity (Wildman–Crippen MR) is 88.1 cm³/mol. The lowest BCUT2D eigenvalue weighted by Gasteiger charge is -2.33. The Labute approximate surface area is 131 Å². The molecule has 1 aliphatic rings. The van der Waals surface area contributed by atoms with E-state index >= 15 is 0 Å². The van der Waals surface area contributed by atoms with Crippen molar-refractivity contribution in [1.82, 2.24) is 0 Å². The van der Waals surface area contributed by atoms with Crippen LogP contribution in [-0.4, -0.2) is 18.2 Å². The number of β-amino-alcohol motifs (C(OH)–C–C–N with tert-alkyl or cyclic N) is 1. The minimum absolute atomic E-state index is 0.493. The van der Waals surface area contributed by atoms with Gasteiger partial charge >= 0.3 is 0 Å². The third kappa shape index (κ3) is 3.07. The van der Waals surface area contributed by atoms with Crippen molar-refractivity contribution in [3.8, 4) is 0 Å². The van der Waals surface area contributed by atoms with Crippen LogP contribution in [0.25, 0.3) is 0 Å². The molecule has 0 bridgehead atoms. The van der Waals surface area contributed by atoms with E-state index in [0.29, 0.717) is 6.54 Å². The smallest absolute Gasteiger partial charge is 0.0964 e. The highest BCUT2D eigenvalue weighted by Crippen LogP contribution is 2.29. The molecule has 2 nitrogen and oxygen atoms in total. The Bertz CT molecular complexity index is 641. The second kappa shape index (κ2) is 6.08. The highest BCUT2D eigenvalue weighted by Gasteiger charge is 2.19. The Morgan fingerprint density at radius 1 is 1.24 bits per heavy atom. The van der Waals surface area contributed by atoms with E-state index in [0.717, 1.165) is 35.5 Å². The van der Waals surface area contributed by atoms with Crippen LogP contribution in [-0.2, 0) is 6.42 Å². The number of hydrogen-bond acceptors (Lipinski definition) is 2. The number of aryl methyl sites for hydroxylation is 2. The van der Waals surface area contributed by atoms with Crippen molar-refractivity contribution in [1.29, 1.82) is 0 Å². The fourth-order valence-corrected chi connectivity index (χ4v) is 3.11. The number of rotatable bonds is 3. The van der Waals surface area contributed by atoms with Crippen molar-refractivity contribution >= 4 is 17.3 Å². The molecule has 0 spiro atoms. The first-order chi connectivity index (χ1) is 10.1. The van der Waals surface area contributed by atoms with Crippen molar-refractivity contribution in [3.63, 3.8) is 0 Å². The van der Waals surface area contributed by atoms with Gasteiger partial charge in [0.15, 0.2) is 0 Å². The molecule has 21 heavy (non-hydrogen) atoms. The standard InChI is InChI=1S/C18H20ClNO/c1-13-11-15(8-9-16(13)19)18(21)12-20-10-4-6-14-5-2-3-7-17(14)20/h2-3,5,7-9,11,18,21H,4,6,10,12H2,1H3. The second-order valence-corrected chi connectivity index (χ2v) is 6.11. The summed E-state index contributed by atoms with van der Waals surface area (Å²) in [5, 5.41) is 11.3. The van der Waals surface area contributed by atoms with E-state index in [-0.39, 0.29) is 0 Å². The molecule has 0 radical (unpaired) electrons. The molecule has 0 amide bonds. The molecule has 3 heteroatoms. The molecule has 3 rings (SSSR count). The van der Waals surface area contributed by atoms with Gasteiger partial charge in [-0.25, -0.2) is 0 Å². The maximum absolute atomic E-state index is 10.5. The Hall–Kier alpha value is -1.51. The molecule has 0 saturated carbocycles. The van der Waals surface area contributed by atoms with Crippen LogP contribution in [0.3, 0.4) is 0 Å². The summed E-state index contributed by atoms with van der Waals surface area (Å²) in [5.41, 5.74) is 4.57. The largest absolute Gasteiger partial charge is 0.387 e. The van der Waals surface area contributed by atoms with Gasteiger partial charge in [-0.15, -0.1) is 0 Å². The number of halogens is 1. The molecule has 0 fully saturated rings. The van der Waals surface area contributed by atoms with Crippen LogP contribution in [0.2, 0.25) is 5.02 Å². The summed E-state index contributed by atoms with van der Waals surface area (Å²) in [5.74, 6) is 0. The van der Waals surface area contributed by atoms with Gasteiger partial charge in [0, 0.05) is 23.8 Å². The van der Waals surface area contributed by atoms with E-state index < -0.39 is 6.10 Å². The SMILES string of the molecule is Cc1cc(C(O)CN2CCCc3ccccc32)ccc1Cl. The van der Waals surface area contributed by atoms with Gasteiger partial charge in [0.05, 0.1) is 6.10 Å². The van der Waals surface area contributed by atoms with Crippen molar-refractivity contribution < 1.29 is 5.11 Å². The van der Waals surface area contributed by atoms with Crippen molar-refractivity contribution in [2.24, 2.45) is 0 Å². The second-order valence-electron chi connectivity index (χ2n) is 5.70. The number of hydrogen-bond donors (Lipinski definition) is 1. The molecule has 2 aromatic rings. The summed E-state index contributed by atoms with van der Waals surface area (Å²) in [6.45, 7) is 3.59. The van der Waals surface area contributed by atoms with Crippen molar-refractivity contribution in [2.75, 3.05) is 18.0 Å². The molecule has 0 aliphatic carbocycles. The van der Waals surface area contributed by atoms with Gasteiger partial charge < -0.3 is 10.0 Å². The molecule has 1 atom stereocenters. The number of aliphatic hydroxyl groups is 1. The summed E-state index contributed by atoms with van der Waals surface area (Å²) in [4.78, 5) is 2.29. The first-order valence-corrected chi connectivity index (χ1v) is 7.80. The normalized spacial score (nSPS) is 15.7. The highest BCUT2D eigenvalue weighted by atomic mass is 35.5. The zero-order valence-corrected chi connectivity index (χ0v) is 13.0. The number of para-hydroxylation sites is 1. The summed E-state index contributed by atoms with van der Waals surface area (Å²) >= 11 is 6.05. The molecular formula is C18H20ClNO. The minimum atomic E-state index is -0.493. The topological polar surface area (TPSA) is 23.5 Å². The van der Waals surface area contributed by atoms with Crippen molar-refractivity contribution in [3.05, 3.63) is 64.2 Å². The number of benzene rings is 2. The number of anilines is 1. The van der Waals surface area contributed by atoms with Gasteiger partial charge in [-0.1, -0.05) is 41.9 Å². The fourth-order valence-electron chi connectivity index (χ4n) is 2.99. The van der Waals surface area contributed by atoms with Crippen LogP contribution >= 0.6 is 11.6 Å². The van der Waals surface area contributed by atoms with E-state index in [1.165, 1.54) is 11.3 Å². The maximum atomic E-state index is 10.5. The van der Waals surface area contributed by atoms with E-state index in [1.54, 1.807) is 0 Å². The van der Waals surface area contributed by atoms with Crippen LogP contribution in [0.15, 0.2) is 42.5 Å². The first-order valence-electron chi connectivity index (χ1n) is 7.42. The number of nitrogens with zero attached hydrogens (tertiary/aromatic N) is 1. The third-order valence-electron chi connectivity index (χ3n) is 4.17. The van der Waals surface area contributed by atoms with E-state index in [1.807, 2.05) is 25.1 Å². The summed E-state index contributed by atoms with van der Waals surface area (Å²) in [6.07, 6.45) is 1.78. The van der Waals surface area contributed by atoms with Gasteiger partial charge in [0.25, 0.3) is 0 Å². The van der Waals surface area contributed by atoms with Gasteiger partial charge in [-0.2, -0.15) is 0 Å². The Morgan fingerprint density at radius 2 is 2.05 bits per heavy atom. The summed E-state index contributed by atoms with van der Waals surface area (Å²) < 4.78 is 0. The zero-order valence-electron chi connectivity index (χ0n) is 12.2. The summed E-state index contributed by atoms with van der Waals surface area (Å²) in [6, 6.07) is 14.2. The van der Waals surface area contributed by atoms with Crippen LogP contribution in [0, 0.1) is 6.92 Å². The predicted octanol–water partition coefficient (Wildman–Crippen LogP) is 4.13. The monoisotopic (exact) mass is 301 g/mol. The first kappa shape index (κ1) is 14.4. The Balaban J connectivity index is 1.79. The maximum Gasteiger partial charge on any atom is 0.0964 e. The van der Waals surface area contributed by atoms with Crippen LogP contribution in [0.1, 0.15) is 29.2 Å². The lowest BCUT2D eigenvalue weighted by atomic mass is 10.00. The molecule has 1 aliphatic heterocycles. The fraction of sp³-hybridized carbons (Fsp3) is 0.333. The molecule has 1 N–H and O–H groups in total. The quantitative estimate of drug-likeness (QED) is 0.921. The van der Waals surface area contributed by atoms with E-state index in [9.17, 15) is 5.11 Å². The van der Waals surface area contributed by atoms with Crippen LogP contribution in [0.4, 0.5) is 5.69 Å². The van der Waals surface area contributed by atoms with Gasteiger partial charge in [0.1, 0.15) is 0 Å². The third-order valence-corrected chi connectivity index (χ3v) is 4.59. The average molecular weight is 302 g/mol. The molecular weight excluding hydrogens is 282 g/mol. The number of fused-ring (bicyclic) bond motifs is 1. The van der Waals surface area contributed by atoms with Crippen molar-refractivity contribution in [2.45, 2.75) is 25.9 Å². The van der Waals surface area contributed by atoms with Gasteiger partial charge in [-0.3, -0.25) is 0 Å². The molecule has 1 unspecified atom stereocenters. The van der Waals surface area contributed by atoms with E-state index in [4.69, 9.17) is 11.6 Å². The highest BCUT2D eigenvalue weighted by molar-refractivity contribution is 6.31. The van der Waals surface area contributed by atoms with Crippen LogP contribution in [0.5, 0.6) is 0 Å². The van der Waals surface area contributed by atoms with Gasteiger partial charge in [-0.05, 0) is 48.6 Å². The lowest BCUT2D eigenvalue weighted by Crippen LogP contribution is -2.33. The Morgan fingerprint density at radius 3 is 2.86 bits per heavy atom. The molecule has 0 saturated heterocycles. The van der Waals surface area contributed by atoms with E-state index in [2.05, 4.69) is 29.2 Å². The zero-order chi connectivity index (χ0) is 14.8. The summed E-state index contributed by atoms with van der Waals surface area (Å²) in [7, 11) is 0. The minimum Gasteiger partial charge on any atom is -0.387 e. The Kier molecular flexibility index (Phi) is 4.18.